The van der Waals surface area contributed by atoms with E-state index in [0.29, 0.717) is 0 Å². The average Bonchev–Trinajstić information content (AvgIpc) is 2.71. The molecule has 3 aliphatic carbocycles. The van der Waals surface area contributed by atoms with E-state index in [1.54, 1.807) is 0 Å². The van der Waals surface area contributed by atoms with E-state index in [0.717, 1.165) is 36.5 Å². The smallest absolute Gasteiger partial charge is 0.435 e. The Kier molecular flexibility index (Phi) is 12.7. The van der Waals surface area contributed by atoms with E-state index >= 15 is 0 Å². The van der Waals surface area contributed by atoms with Gasteiger partial charge in [0.25, 0.3) is 0 Å². The van der Waals surface area contributed by atoms with Crippen molar-refractivity contribution < 1.29 is 72.5 Å². The number of hydrogen-bond donors (Lipinski definition) is 0. The van der Waals surface area contributed by atoms with Gasteiger partial charge in [-0.2, -0.15) is 12.8 Å². The first kappa shape index (κ1) is 25.2. The van der Waals surface area contributed by atoms with Gasteiger partial charge in [-0.3, -0.25) is 0 Å². The van der Waals surface area contributed by atoms with E-state index in [-0.39, 0.29) is 71.1 Å². The van der Waals surface area contributed by atoms with Crippen LogP contribution in [0, 0.1) is 30.1 Å². The van der Waals surface area contributed by atoms with Crippen molar-refractivity contribution in [2.45, 2.75) is 96.0 Å². The Hall–Kier alpha value is 0.975. The van der Waals surface area contributed by atoms with Gasteiger partial charge in [0.15, 0.2) is 6.79 Å². The van der Waals surface area contributed by atoms with Gasteiger partial charge in [-0.15, -0.1) is 0 Å². The largest absolute Gasteiger partial charge is 1.00 e. The van der Waals surface area contributed by atoms with Crippen LogP contribution < -0.4 is 58.2 Å². The summed E-state index contributed by atoms with van der Waals surface area (Å²) in [4.78, 5) is 11.0. The average molecular weight is 461 g/mol. The maximum atomic E-state index is 11.0. The Morgan fingerprint density at radius 3 is 1.79 bits per heavy atom. The normalized spacial score (nSPS) is 31.6. The molecule has 3 aliphatic rings. The van der Waals surface area contributed by atoms with Crippen LogP contribution in [-0.2, 0) is 14.3 Å². The van der Waals surface area contributed by atoms with E-state index < -0.39 is 5.97 Å². The molecule has 0 aromatic heterocycles. The second-order valence-corrected chi connectivity index (χ2v) is 9.26. The van der Waals surface area contributed by atoms with Crippen molar-refractivity contribution in [2.75, 3.05) is 6.79 Å². The van der Waals surface area contributed by atoms with Crippen molar-refractivity contribution in [3.63, 3.8) is 0 Å². The molecule has 0 amide bonds. The Labute approximate surface area is 221 Å². The van der Waals surface area contributed by atoms with E-state index in [1.165, 1.54) is 83.1 Å². The SMILES string of the molecule is C=CC(=O)OCOC1CCC(CC2CCC(CC3CC[CH-]CC3)CC2)CC1.[Rb+]. The maximum absolute atomic E-state index is 11.0. The third kappa shape index (κ3) is 9.00. The van der Waals surface area contributed by atoms with Gasteiger partial charge >= 0.3 is 64.2 Å². The fraction of sp³-hybridized carbons (Fsp3) is 0.833. The number of hydrogen-bond acceptors (Lipinski definition) is 3. The van der Waals surface area contributed by atoms with Crippen molar-refractivity contribution in [3.8, 4) is 0 Å². The molecule has 3 rings (SSSR count). The predicted octanol–water partition coefficient (Wildman–Crippen LogP) is 3.23. The first-order valence-corrected chi connectivity index (χ1v) is 11.5. The summed E-state index contributed by atoms with van der Waals surface area (Å²) in [6.07, 6.45) is 23.2. The number of rotatable bonds is 8. The molecule has 4 heteroatoms. The molecule has 3 saturated carbocycles. The van der Waals surface area contributed by atoms with Gasteiger partial charge in [0.1, 0.15) is 0 Å². The Morgan fingerprint density at radius 2 is 1.29 bits per heavy atom. The monoisotopic (exact) mass is 460 g/mol. The summed E-state index contributed by atoms with van der Waals surface area (Å²) >= 11 is 0. The van der Waals surface area contributed by atoms with Gasteiger partial charge in [0.2, 0.25) is 0 Å². The predicted molar refractivity (Wildman–Crippen MR) is 109 cm³/mol. The third-order valence-electron chi connectivity index (χ3n) is 7.32. The molecule has 0 aromatic carbocycles. The molecule has 0 spiro atoms. The second kappa shape index (κ2) is 14.1. The summed E-state index contributed by atoms with van der Waals surface area (Å²) < 4.78 is 10.6. The van der Waals surface area contributed by atoms with Crippen molar-refractivity contribution in [2.24, 2.45) is 23.7 Å². The van der Waals surface area contributed by atoms with E-state index in [9.17, 15) is 4.79 Å². The zero-order chi connectivity index (χ0) is 18.9. The molecule has 0 aromatic rings. The quantitative estimate of drug-likeness (QED) is 0.241. The van der Waals surface area contributed by atoms with Crippen LogP contribution in [0.3, 0.4) is 0 Å². The molecule has 154 valence electrons. The summed E-state index contributed by atoms with van der Waals surface area (Å²) in [5.74, 6) is 3.50. The molecule has 0 aliphatic heterocycles. The van der Waals surface area contributed by atoms with Crippen LogP contribution >= 0.6 is 0 Å². The zero-order valence-corrected chi connectivity index (χ0v) is 23.0. The fourth-order valence-corrected chi connectivity index (χ4v) is 5.66. The molecule has 0 saturated heterocycles. The molecule has 0 N–H and O–H groups in total. The van der Waals surface area contributed by atoms with Crippen molar-refractivity contribution in [1.82, 2.24) is 0 Å². The summed E-state index contributed by atoms with van der Waals surface area (Å²) in [5.41, 5.74) is 0. The van der Waals surface area contributed by atoms with Crippen LogP contribution in [0.15, 0.2) is 12.7 Å². The fourth-order valence-electron chi connectivity index (χ4n) is 5.66. The van der Waals surface area contributed by atoms with Gasteiger partial charge in [-0.25, -0.2) is 4.79 Å². The zero-order valence-electron chi connectivity index (χ0n) is 18.1. The number of carbonyl (C=O) groups excluding carboxylic acids is 1. The molecule has 0 atom stereocenters. The number of esters is 1. The first-order valence-electron chi connectivity index (χ1n) is 11.5. The standard InChI is InChI=1S/C24H39O3.Rb/c1-2-24(25)27-18-26-23-14-12-22(13-15-23)17-21-10-8-20(9-11-21)16-19-6-4-3-5-7-19;/h2-3,19-23H,1,4-18H2;/q-1;+1. The second-order valence-electron chi connectivity index (χ2n) is 9.26. The Morgan fingerprint density at radius 1 is 0.821 bits per heavy atom. The van der Waals surface area contributed by atoms with Gasteiger partial charge in [0.05, 0.1) is 6.10 Å². The summed E-state index contributed by atoms with van der Waals surface area (Å²) in [7, 11) is 0. The van der Waals surface area contributed by atoms with Gasteiger partial charge in [-0.1, -0.05) is 45.1 Å². The number of ether oxygens (including phenoxy) is 2. The van der Waals surface area contributed by atoms with E-state index in [1.807, 2.05) is 0 Å². The van der Waals surface area contributed by atoms with Crippen LogP contribution in [-0.4, -0.2) is 18.9 Å². The van der Waals surface area contributed by atoms with Crippen LogP contribution in [0.4, 0.5) is 0 Å². The topological polar surface area (TPSA) is 35.5 Å². The summed E-state index contributed by atoms with van der Waals surface area (Å²) in [5, 5.41) is 0. The molecule has 0 heterocycles. The van der Waals surface area contributed by atoms with Crippen LogP contribution in [0.25, 0.3) is 0 Å². The van der Waals surface area contributed by atoms with E-state index in [4.69, 9.17) is 9.47 Å². The van der Waals surface area contributed by atoms with Crippen molar-refractivity contribution in [3.05, 3.63) is 19.1 Å². The molecule has 0 bridgehead atoms. The van der Waals surface area contributed by atoms with Crippen LogP contribution in [0.5, 0.6) is 0 Å². The van der Waals surface area contributed by atoms with Gasteiger partial charge < -0.3 is 15.9 Å². The molecule has 28 heavy (non-hydrogen) atoms. The summed E-state index contributed by atoms with van der Waals surface area (Å²) in [6, 6.07) is 0. The maximum Gasteiger partial charge on any atom is 1.00 e. The minimum atomic E-state index is -0.402. The molecular formula is C24H39O3Rb. The Bertz CT molecular complexity index is 445. The summed E-state index contributed by atoms with van der Waals surface area (Å²) in [6.45, 7) is 3.47. The first-order chi connectivity index (χ1) is 13.2. The van der Waals surface area contributed by atoms with Gasteiger partial charge in [-0.05, 0) is 62.2 Å². The van der Waals surface area contributed by atoms with Crippen LogP contribution in [0.2, 0.25) is 0 Å². The molecule has 0 radical (unpaired) electrons. The number of carbonyl (C=O) groups is 1. The molecular weight excluding hydrogens is 422 g/mol. The Balaban J connectivity index is 0.00000280. The van der Waals surface area contributed by atoms with Crippen LogP contribution in [0.1, 0.15) is 89.9 Å². The van der Waals surface area contributed by atoms with Crippen molar-refractivity contribution >= 4 is 5.97 Å². The van der Waals surface area contributed by atoms with E-state index in [2.05, 4.69) is 13.0 Å². The molecule has 3 fully saturated rings. The molecule has 3 nitrogen and oxygen atoms in total. The van der Waals surface area contributed by atoms with Gasteiger partial charge in [0, 0.05) is 6.08 Å². The van der Waals surface area contributed by atoms with Crippen molar-refractivity contribution in [1.29, 1.82) is 0 Å². The minimum Gasteiger partial charge on any atom is -0.435 e. The third-order valence-corrected chi connectivity index (χ3v) is 7.32. The minimum absolute atomic E-state index is 0. The molecule has 0 unspecified atom stereocenters.